The van der Waals surface area contributed by atoms with Crippen LogP contribution in [0.15, 0.2) is 15.8 Å². The van der Waals surface area contributed by atoms with Crippen molar-refractivity contribution in [3.8, 4) is 12.3 Å². The molecule has 0 spiro atoms. The van der Waals surface area contributed by atoms with Crippen molar-refractivity contribution in [2.45, 2.75) is 62.4 Å². The minimum absolute atomic E-state index is 0.386. The first-order chi connectivity index (χ1) is 15.1. The maximum atomic E-state index is 13.8. The highest BCUT2D eigenvalue weighted by Gasteiger charge is 2.60. The summed E-state index contributed by atoms with van der Waals surface area (Å²) >= 11 is 0. The highest BCUT2D eigenvalue weighted by molar-refractivity contribution is 7.37. The van der Waals surface area contributed by atoms with Gasteiger partial charge in [0.2, 0.25) is 5.82 Å². The second kappa shape index (κ2) is 9.97. The molecule has 180 valence electrons. The Labute approximate surface area is 190 Å². The Morgan fingerprint density at radius 2 is 2.09 bits per heavy atom. The van der Waals surface area contributed by atoms with E-state index in [1.807, 2.05) is 5.92 Å². The van der Waals surface area contributed by atoms with Crippen molar-refractivity contribution in [3.05, 3.63) is 32.9 Å². The van der Waals surface area contributed by atoms with E-state index in [1.165, 1.54) is 22.6 Å². The monoisotopic (exact) mass is 487 g/mol. The third-order valence-corrected chi connectivity index (χ3v) is 6.26. The van der Waals surface area contributed by atoms with Gasteiger partial charge in [-0.3, -0.25) is 23.7 Å². The number of esters is 1. The summed E-state index contributed by atoms with van der Waals surface area (Å²) in [7, 11) is -0.414. The fourth-order valence-electron chi connectivity index (χ4n) is 3.20. The number of carbonyl (C=O) groups excluding carboxylic acids is 1. The highest BCUT2D eigenvalue weighted by Crippen LogP contribution is 2.42. The molecule has 1 aromatic rings. The lowest BCUT2D eigenvalue weighted by molar-refractivity contribution is -0.149. The zero-order valence-corrected chi connectivity index (χ0v) is 19.6. The second-order valence-electron chi connectivity index (χ2n) is 8.31. The van der Waals surface area contributed by atoms with E-state index in [0.29, 0.717) is 10.8 Å². The standard InChI is InChI=1S/C17H25B2FN3O9P/c1-5-16(28)10(24)11(31-14(16)23-6-9(20)12(25)21-15(23)27)17(18,19)32-33(29)22-8(4)13(26)30-7(2)3/h1,6-8,10-11,14,24,28,33H,18-19H2,2-4H3,(H,22,29)(H,21,25,27)/t8-,10?,11?,14+,16+/m0/s1. The molecule has 0 bridgehead atoms. The minimum Gasteiger partial charge on any atom is -0.462 e. The molecule has 1 aliphatic heterocycles. The van der Waals surface area contributed by atoms with Crippen molar-refractivity contribution in [2.24, 2.45) is 0 Å². The van der Waals surface area contributed by atoms with Crippen molar-refractivity contribution in [1.82, 2.24) is 14.6 Å². The molecular formula is C17H25B2FN3O9P. The summed E-state index contributed by atoms with van der Waals surface area (Å²) in [5.41, 5.74) is -4.99. The van der Waals surface area contributed by atoms with E-state index in [2.05, 4.69) is 5.09 Å². The van der Waals surface area contributed by atoms with Crippen molar-refractivity contribution in [2.75, 3.05) is 0 Å². The van der Waals surface area contributed by atoms with Crippen LogP contribution in [0.1, 0.15) is 27.0 Å². The van der Waals surface area contributed by atoms with E-state index in [-0.39, 0.29) is 6.10 Å². The van der Waals surface area contributed by atoms with E-state index >= 15 is 0 Å². The van der Waals surface area contributed by atoms with Gasteiger partial charge in [-0.25, -0.2) is 9.88 Å². The summed E-state index contributed by atoms with van der Waals surface area (Å²) < 4.78 is 42.8. The first kappa shape index (κ1) is 27.0. The Bertz CT molecular complexity index is 1090. The molecule has 6 atom stereocenters. The average molecular weight is 487 g/mol. The summed E-state index contributed by atoms with van der Waals surface area (Å²) in [6.07, 6.45) is 0.279. The molecule has 3 unspecified atom stereocenters. The number of H-pyrrole nitrogens is 1. The number of aromatic amines is 1. The molecule has 4 N–H and O–H groups in total. The molecule has 2 heterocycles. The van der Waals surface area contributed by atoms with Crippen LogP contribution in [-0.4, -0.2) is 76.8 Å². The van der Waals surface area contributed by atoms with Gasteiger partial charge < -0.3 is 24.2 Å². The van der Waals surface area contributed by atoms with Gasteiger partial charge >= 0.3 is 11.7 Å². The molecule has 1 aliphatic rings. The normalized spacial score (nSPS) is 27.2. The molecule has 33 heavy (non-hydrogen) atoms. The van der Waals surface area contributed by atoms with Crippen LogP contribution < -0.4 is 16.3 Å². The van der Waals surface area contributed by atoms with Crippen molar-refractivity contribution >= 4 is 29.8 Å². The van der Waals surface area contributed by atoms with Crippen LogP contribution in [0, 0.1) is 18.2 Å². The van der Waals surface area contributed by atoms with Gasteiger partial charge in [-0.1, -0.05) is 5.92 Å². The lowest BCUT2D eigenvalue weighted by Gasteiger charge is -2.34. The molecule has 0 saturated carbocycles. The van der Waals surface area contributed by atoms with Crippen molar-refractivity contribution in [3.63, 3.8) is 0 Å². The van der Waals surface area contributed by atoms with Crippen molar-refractivity contribution < 1.29 is 38.0 Å². The van der Waals surface area contributed by atoms with Gasteiger partial charge in [0.15, 0.2) is 11.8 Å². The van der Waals surface area contributed by atoms with E-state index in [0.717, 1.165) is 0 Å². The van der Waals surface area contributed by atoms with Crippen molar-refractivity contribution in [1.29, 1.82) is 0 Å². The van der Waals surface area contributed by atoms with Crippen LogP contribution in [0.3, 0.4) is 0 Å². The number of ether oxygens (including phenoxy) is 2. The van der Waals surface area contributed by atoms with E-state index < -0.39 is 66.7 Å². The first-order valence-corrected chi connectivity index (χ1v) is 11.2. The van der Waals surface area contributed by atoms with Gasteiger partial charge in [0, 0.05) is 5.40 Å². The minimum atomic E-state index is -3.13. The number of hydrogen-bond donors (Lipinski definition) is 4. The highest BCUT2D eigenvalue weighted by atomic mass is 31.1. The number of nitrogens with zero attached hydrogens (tertiary/aromatic N) is 1. The second-order valence-corrected chi connectivity index (χ2v) is 9.38. The number of aliphatic hydroxyl groups excluding tert-OH is 1. The molecule has 0 aromatic carbocycles. The topological polar surface area (TPSA) is 169 Å². The Balaban J connectivity index is 2.27. The van der Waals surface area contributed by atoms with Crippen LogP contribution in [-0.2, 0) is 23.4 Å². The Kier molecular flexibility index (Phi) is 8.17. The number of nitrogens with one attached hydrogen (secondary N) is 2. The molecule has 1 saturated heterocycles. The number of halogens is 1. The predicted octanol–water partition coefficient (Wildman–Crippen LogP) is -3.45. The Hall–Kier alpha value is -2.20. The fourth-order valence-corrected chi connectivity index (χ4v) is 4.33. The summed E-state index contributed by atoms with van der Waals surface area (Å²) in [4.78, 5) is 37.1. The third kappa shape index (κ3) is 5.66. The summed E-state index contributed by atoms with van der Waals surface area (Å²) in [5, 5.41) is 22.4. The van der Waals surface area contributed by atoms with E-state index in [4.69, 9.17) is 20.4 Å². The summed E-state index contributed by atoms with van der Waals surface area (Å²) in [5.74, 6) is -0.0977. The molecule has 2 rings (SSSR count). The first-order valence-electron chi connectivity index (χ1n) is 9.88. The number of terminal acetylenes is 1. The van der Waals surface area contributed by atoms with Crippen LogP contribution >= 0.6 is 8.18 Å². The fraction of sp³-hybridized carbons (Fsp3) is 0.588. The van der Waals surface area contributed by atoms with Crippen LogP contribution in [0.2, 0.25) is 0 Å². The number of rotatable bonds is 8. The largest absolute Gasteiger partial charge is 0.462 e. The van der Waals surface area contributed by atoms with E-state index in [9.17, 15) is 33.6 Å². The number of carbonyl (C=O) groups is 1. The van der Waals surface area contributed by atoms with Crippen LogP contribution in [0.25, 0.3) is 0 Å². The van der Waals surface area contributed by atoms with Gasteiger partial charge in [-0.2, -0.15) is 4.39 Å². The number of aliphatic hydroxyl groups is 2. The maximum absolute atomic E-state index is 13.8. The van der Waals surface area contributed by atoms with Gasteiger partial charge in [0.1, 0.15) is 33.9 Å². The molecule has 0 amide bonds. The molecule has 16 heteroatoms. The summed E-state index contributed by atoms with van der Waals surface area (Å²) in [6, 6.07) is -0.984. The zero-order chi connectivity index (χ0) is 25.3. The third-order valence-electron chi connectivity index (χ3n) is 4.88. The lowest BCUT2D eigenvalue weighted by atomic mass is 9.60. The van der Waals surface area contributed by atoms with E-state index in [1.54, 1.807) is 18.8 Å². The predicted molar refractivity (Wildman–Crippen MR) is 119 cm³/mol. The van der Waals surface area contributed by atoms with Gasteiger partial charge in [-0.15, -0.1) is 6.42 Å². The number of hydrogen-bond acceptors (Lipinski definition) is 9. The molecule has 1 aromatic heterocycles. The molecule has 0 aliphatic carbocycles. The van der Waals surface area contributed by atoms with Gasteiger partial charge in [-0.05, 0) is 20.8 Å². The Morgan fingerprint density at radius 1 is 1.48 bits per heavy atom. The van der Waals surface area contributed by atoms with Crippen LogP contribution in [0.5, 0.6) is 0 Å². The zero-order valence-electron chi connectivity index (χ0n) is 18.6. The molecule has 12 nitrogen and oxygen atoms in total. The van der Waals surface area contributed by atoms with Crippen LogP contribution in [0.4, 0.5) is 4.39 Å². The molecule has 1 fully saturated rings. The van der Waals surface area contributed by atoms with Gasteiger partial charge in [0.25, 0.3) is 13.7 Å². The van der Waals surface area contributed by atoms with Gasteiger partial charge in [0.05, 0.1) is 12.3 Å². The quantitative estimate of drug-likeness (QED) is 0.125. The number of aromatic nitrogens is 2. The smallest absolute Gasteiger partial charge is 0.330 e. The average Bonchev–Trinajstić information content (AvgIpc) is 2.96. The summed E-state index contributed by atoms with van der Waals surface area (Å²) in [6.45, 7) is 4.71. The molecule has 0 radical (unpaired) electrons. The maximum Gasteiger partial charge on any atom is 0.330 e. The Morgan fingerprint density at radius 3 is 2.64 bits per heavy atom. The molecular weight excluding hydrogens is 462 g/mol. The SMILES string of the molecule is BC(B)(O[PH](=O)N[C@@H](C)C(=O)OC(C)C)C1O[C@@H](n2cc(F)c(=O)[nH]c2=O)[C@@](O)(C#C)C1O. The lowest BCUT2D eigenvalue weighted by Crippen LogP contribution is -2.55.